The van der Waals surface area contributed by atoms with Gasteiger partial charge in [0.1, 0.15) is 0 Å². The first kappa shape index (κ1) is 28.2. The van der Waals surface area contributed by atoms with Crippen LogP contribution in [0.5, 0.6) is 0 Å². The minimum absolute atomic E-state index is 1.01. The second-order valence-electron chi connectivity index (χ2n) is 12.0. The van der Waals surface area contributed by atoms with Gasteiger partial charge in [-0.3, -0.25) is 4.98 Å². The van der Waals surface area contributed by atoms with Crippen LogP contribution in [0.3, 0.4) is 0 Å². The topological polar surface area (TPSA) is 16.1 Å². The molecular formula is C45H30N2S. The van der Waals surface area contributed by atoms with Crippen molar-refractivity contribution in [2.24, 2.45) is 0 Å². The van der Waals surface area contributed by atoms with Crippen LogP contribution in [0, 0.1) is 0 Å². The van der Waals surface area contributed by atoms with Gasteiger partial charge < -0.3 is 4.90 Å². The van der Waals surface area contributed by atoms with Gasteiger partial charge in [-0.05, 0) is 81.9 Å². The lowest BCUT2D eigenvalue weighted by Gasteiger charge is -2.26. The van der Waals surface area contributed by atoms with Gasteiger partial charge in [0.05, 0.1) is 10.2 Å². The molecule has 0 amide bonds. The maximum atomic E-state index is 4.91. The predicted octanol–water partition coefficient (Wildman–Crippen LogP) is 13.1. The van der Waals surface area contributed by atoms with Gasteiger partial charge >= 0.3 is 0 Å². The minimum atomic E-state index is 1.01. The molecule has 9 rings (SSSR count). The van der Waals surface area contributed by atoms with Gasteiger partial charge in [-0.15, -0.1) is 11.3 Å². The van der Waals surface area contributed by atoms with E-state index >= 15 is 0 Å². The summed E-state index contributed by atoms with van der Waals surface area (Å²) >= 11 is 1.81. The van der Waals surface area contributed by atoms with Crippen molar-refractivity contribution in [2.45, 2.75) is 0 Å². The van der Waals surface area contributed by atoms with Crippen molar-refractivity contribution in [2.75, 3.05) is 4.90 Å². The van der Waals surface area contributed by atoms with Crippen LogP contribution in [0.2, 0.25) is 0 Å². The molecule has 0 aliphatic rings. The van der Waals surface area contributed by atoms with E-state index in [4.69, 9.17) is 4.98 Å². The molecular weight excluding hydrogens is 601 g/mol. The summed E-state index contributed by atoms with van der Waals surface area (Å²) in [5, 5.41) is 3.79. The van der Waals surface area contributed by atoms with Crippen molar-refractivity contribution < 1.29 is 0 Å². The van der Waals surface area contributed by atoms with E-state index in [0.29, 0.717) is 0 Å². The average Bonchev–Trinajstić information content (AvgIpc) is 3.55. The highest BCUT2D eigenvalue weighted by Gasteiger charge is 2.15. The maximum absolute atomic E-state index is 4.91. The summed E-state index contributed by atoms with van der Waals surface area (Å²) in [4.78, 5) is 7.25. The molecule has 0 saturated heterocycles. The van der Waals surface area contributed by atoms with Crippen molar-refractivity contribution in [3.63, 3.8) is 0 Å². The number of pyridine rings is 1. The van der Waals surface area contributed by atoms with Crippen LogP contribution in [0.4, 0.5) is 17.1 Å². The number of nitrogens with zero attached hydrogens (tertiary/aromatic N) is 2. The molecule has 0 saturated carbocycles. The fraction of sp³-hybridized carbons (Fsp3) is 0. The second kappa shape index (κ2) is 12.0. The lowest BCUT2D eigenvalue weighted by Crippen LogP contribution is -2.10. The molecule has 0 aliphatic heterocycles. The quantitative estimate of drug-likeness (QED) is 0.182. The molecule has 0 radical (unpaired) electrons. The highest BCUT2D eigenvalue weighted by molar-refractivity contribution is 7.26. The molecule has 9 aromatic rings. The highest BCUT2D eigenvalue weighted by atomic mass is 32.1. The fourth-order valence-electron chi connectivity index (χ4n) is 6.73. The molecule has 0 unspecified atom stereocenters. The molecule has 0 bridgehead atoms. The Morgan fingerprint density at radius 3 is 1.58 bits per heavy atom. The number of hydrogen-bond donors (Lipinski definition) is 0. The number of thiophene rings is 1. The third-order valence-electron chi connectivity index (χ3n) is 9.11. The lowest BCUT2D eigenvalue weighted by molar-refractivity contribution is 1.28. The van der Waals surface area contributed by atoms with E-state index in [-0.39, 0.29) is 0 Å². The summed E-state index contributed by atoms with van der Waals surface area (Å²) < 4.78 is 2.53. The van der Waals surface area contributed by atoms with Crippen molar-refractivity contribution >= 4 is 59.5 Å². The molecule has 7 aromatic carbocycles. The molecule has 3 heteroatoms. The largest absolute Gasteiger partial charge is 0.310 e. The zero-order valence-electron chi connectivity index (χ0n) is 26.1. The van der Waals surface area contributed by atoms with Crippen molar-refractivity contribution in [1.29, 1.82) is 0 Å². The first-order valence-corrected chi connectivity index (χ1v) is 17.0. The minimum Gasteiger partial charge on any atom is -0.310 e. The summed E-state index contributed by atoms with van der Waals surface area (Å²) in [5.74, 6) is 0. The van der Waals surface area contributed by atoms with E-state index in [2.05, 4.69) is 181 Å². The molecule has 0 aliphatic carbocycles. The third kappa shape index (κ3) is 5.11. The van der Waals surface area contributed by atoms with Gasteiger partial charge in [-0.25, -0.2) is 0 Å². The zero-order valence-corrected chi connectivity index (χ0v) is 26.9. The average molecular weight is 631 g/mol. The van der Waals surface area contributed by atoms with Crippen LogP contribution in [-0.4, -0.2) is 4.98 Å². The van der Waals surface area contributed by atoms with Crippen LogP contribution in [0.25, 0.3) is 64.5 Å². The van der Waals surface area contributed by atoms with E-state index in [1.54, 1.807) is 0 Å². The van der Waals surface area contributed by atoms with Crippen LogP contribution in [0.15, 0.2) is 182 Å². The Balaban J connectivity index is 1.13. The molecule has 0 N–H and O–H groups in total. The Kier molecular flexibility index (Phi) is 7.03. The van der Waals surface area contributed by atoms with Gasteiger partial charge in [-0.1, -0.05) is 127 Å². The van der Waals surface area contributed by atoms with Crippen LogP contribution >= 0.6 is 11.3 Å². The Morgan fingerprint density at radius 1 is 0.375 bits per heavy atom. The first-order valence-electron chi connectivity index (χ1n) is 16.2. The molecule has 0 fully saturated rings. The Labute approximate surface area is 283 Å². The molecule has 2 nitrogen and oxygen atoms in total. The molecule has 0 atom stereocenters. The summed E-state index contributed by atoms with van der Waals surface area (Å²) in [5.41, 5.74) is 11.4. The normalized spacial score (nSPS) is 11.3. The number of benzene rings is 7. The number of rotatable bonds is 6. The van der Waals surface area contributed by atoms with Gasteiger partial charge in [0.25, 0.3) is 0 Å². The lowest BCUT2D eigenvalue weighted by atomic mass is 10.00. The fourth-order valence-corrected chi connectivity index (χ4v) is 7.82. The number of anilines is 3. The Morgan fingerprint density at radius 2 is 0.917 bits per heavy atom. The standard InChI is InChI=1S/C45H30N2S/c1-3-10-31(11-4-1)33-18-23-37(24-19-33)47(38-25-20-34(21-26-38)32-12-5-2-6-13-32)39-15-9-14-35(28-39)36-22-27-40-42(29-36)46-30-44-45(40)41-16-7-8-17-43(41)48-44/h1-30H. The summed E-state index contributed by atoms with van der Waals surface area (Å²) in [7, 11) is 0. The smallest absolute Gasteiger partial charge is 0.0715 e. The summed E-state index contributed by atoms with van der Waals surface area (Å²) in [6, 6.07) is 63.0. The number of fused-ring (bicyclic) bond motifs is 5. The van der Waals surface area contributed by atoms with E-state index in [1.807, 2.05) is 17.5 Å². The second-order valence-corrected chi connectivity index (χ2v) is 13.1. The van der Waals surface area contributed by atoms with Crippen LogP contribution < -0.4 is 4.90 Å². The predicted molar refractivity (Wildman–Crippen MR) is 206 cm³/mol. The number of aromatic nitrogens is 1. The van der Waals surface area contributed by atoms with Gasteiger partial charge in [0, 0.05) is 44.1 Å². The Hall–Kier alpha value is -6.03. The van der Waals surface area contributed by atoms with Gasteiger partial charge in [0.15, 0.2) is 0 Å². The van der Waals surface area contributed by atoms with Crippen molar-refractivity contribution in [3.8, 4) is 33.4 Å². The Bertz CT molecular complexity index is 2450. The molecule has 2 heterocycles. The van der Waals surface area contributed by atoms with Gasteiger partial charge in [-0.2, -0.15) is 0 Å². The maximum Gasteiger partial charge on any atom is 0.0715 e. The summed E-state index contributed by atoms with van der Waals surface area (Å²) in [6.07, 6.45) is 2.03. The first-order chi connectivity index (χ1) is 23.8. The van der Waals surface area contributed by atoms with Crippen LogP contribution in [-0.2, 0) is 0 Å². The van der Waals surface area contributed by atoms with E-state index in [0.717, 1.165) is 33.7 Å². The van der Waals surface area contributed by atoms with Crippen molar-refractivity contribution in [3.05, 3.63) is 182 Å². The van der Waals surface area contributed by atoms with Crippen molar-refractivity contribution in [1.82, 2.24) is 4.98 Å². The number of hydrogen-bond acceptors (Lipinski definition) is 3. The molecule has 2 aromatic heterocycles. The van der Waals surface area contributed by atoms with Crippen LogP contribution in [0.1, 0.15) is 0 Å². The zero-order chi connectivity index (χ0) is 31.9. The molecule has 48 heavy (non-hydrogen) atoms. The molecule has 0 spiro atoms. The molecule has 226 valence electrons. The van der Waals surface area contributed by atoms with E-state index < -0.39 is 0 Å². The van der Waals surface area contributed by atoms with E-state index in [9.17, 15) is 0 Å². The monoisotopic (exact) mass is 630 g/mol. The third-order valence-corrected chi connectivity index (χ3v) is 10.2. The van der Waals surface area contributed by atoms with Gasteiger partial charge in [0.2, 0.25) is 0 Å². The highest BCUT2D eigenvalue weighted by Crippen LogP contribution is 2.41. The SMILES string of the molecule is c1ccc(-c2ccc(N(c3ccc(-c4ccccc4)cc3)c3cccc(-c4ccc5c(c4)ncc4sc6ccccc6c45)c3)cc2)cc1. The van der Waals surface area contributed by atoms with E-state index in [1.165, 1.54) is 47.8 Å². The summed E-state index contributed by atoms with van der Waals surface area (Å²) in [6.45, 7) is 0.